The molecular formula is C55H102NO8P. The number of rotatable bonds is 51. The minimum absolute atomic E-state index is 0.0791. The Morgan fingerprint density at radius 3 is 1.29 bits per heavy atom. The van der Waals surface area contributed by atoms with Crippen LogP contribution in [0.1, 0.15) is 258 Å². The average Bonchev–Trinajstić information content (AvgIpc) is 3.29. The molecule has 0 heterocycles. The molecule has 0 aromatic rings. The molecule has 0 bridgehead atoms. The molecule has 3 N–H and O–H groups in total. The van der Waals surface area contributed by atoms with E-state index in [1.807, 2.05) is 0 Å². The van der Waals surface area contributed by atoms with Crippen LogP contribution in [-0.4, -0.2) is 54.3 Å². The number of ether oxygens (including phenoxy) is 1. The quantitative estimate of drug-likeness (QED) is 0.0238. The first-order valence-corrected chi connectivity index (χ1v) is 28.6. The maximum Gasteiger partial charge on any atom is 0.472 e. The summed E-state index contributed by atoms with van der Waals surface area (Å²) in [5.41, 5.74) is 0. The van der Waals surface area contributed by atoms with Crippen LogP contribution in [0, 0.1) is 0 Å². The van der Waals surface area contributed by atoms with Gasteiger partial charge in [0.15, 0.2) is 0 Å². The van der Waals surface area contributed by atoms with E-state index in [1.54, 1.807) is 0 Å². The van der Waals surface area contributed by atoms with Crippen LogP contribution in [0.5, 0.6) is 0 Å². The number of carbonyl (C=O) groups is 2. The molecule has 0 aliphatic carbocycles. The van der Waals surface area contributed by atoms with Crippen molar-refractivity contribution in [1.82, 2.24) is 5.32 Å². The van der Waals surface area contributed by atoms with Crippen LogP contribution in [0.3, 0.4) is 0 Å². The first-order chi connectivity index (χ1) is 31.8. The smallest absolute Gasteiger partial charge is 0.463 e. The van der Waals surface area contributed by atoms with Crippen molar-refractivity contribution in [3.05, 3.63) is 48.6 Å². The van der Waals surface area contributed by atoms with Gasteiger partial charge in [-0.25, -0.2) is 4.57 Å². The summed E-state index contributed by atoms with van der Waals surface area (Å²) in [4.78, 5) is 34.1. The van der Waals surface area contributed by atoms with Gasteiger partial charge < -0.3 is 20.1 Å². The minimum Gasteiger partial charge on any atom is -0.463 e. The molecule has 0 aliphatic heterocycles. The van der Waals surface area contributed by atoms with Crippen molar-refractivity contribution in [3.63, 3.8) is 0 Å². The number of aliphatic hydroxyl groups is 1. The van der Waals surface area contributed by atoms with Crippen LogP contribution >= 0.6 is 7.82 Å². The lowest BCUT2D eigenvalue weighted by Crippen LogP contribution is -2.27. The minimum atomic E-state index is -4.43. The van der Waals surface area contributed by atoms with E-state index in [0.29, 0.717) is 6.42 Å². The van der Waals surface area contributed by atoms with Crippen LogP contribution < -0.4 is 5.32 Å². The Hall–Kier alpha value is -2.03. The van der Waals surface area contributed by atoms with Gasteiger partial charge in [0.1, 0.15) is 12.7 Å². The van der Waals surface area contributed by atoms with E-state index in [2.05, 4.69) is 67.8 Å². The maximum atomic E-state index is 12.2. The molecule has 9 nitrogen and oxygen atoms in total. The lowest BCUT2D eigenvalue weighted by molar-refractivity contribution is -0.147. The molecule has 380 valence electrons. The molecule has 0 aliphatic rings. The summed E-state index contributed by atoms with van der Waals surface area (Å²) in [6.45, 7) is 3.55. The number of esters is 1. The Bertz CT molecular complexity index is 1200. The van der Waals surface area contributed by atoms with Crippen molar-refractivity contribution >= 4 is 19.7 Å². The summed E-state index contributed by atoms with van der Waals surface area (Å²) in [5, 5.41) is 12.8. The lowest BCUT2D eigenvalue weighted by atomic mass is 10.0. The third kappa shape index (κ3) is 52.8. The molecule has 0 radical (unpaired) electrons. The lowest BCUT2D eigenvalue weighted by Gasteiger charge is -2.15. The van der Waals surface area contributed by atoms with Gasteiger partial charge in [-0.1, -0.05) is 217 Å². The van der Waals surface area contributed by atoms with Crippen LogP contribution in [0.25, 0.3) is 0 Å². The highest BCUT2D eigenvalue weighted by molar-refractivity contribution is 7.47. The largest absolute Gasteiger partial charge is 0.472 e. The predicted molar refractivity (Wildman–Crippen MR) is 275 cm³/mol. The first kappa shape index (κ1) is 63.0. The number of allylic oxidation sites excluding steroid dienone is 8. The van der Waals surface area contributed by atoms with Gasteiger partial charge in [-0.3, -0.25) is 18.6 Å². The van der Waals surface area contributed by atoms with Gasteiger partial charge in [0.25, 0.3) is 0 Å². The van der Waals surface area contributed by atoms with E-state index in [0.717, 1.165) is 51.4 Å². The van der Waals surface area contributed by atoms with Crippen molar-refractivity contribution in [2.75, 3.05) is 26.4 Å². The molecule has 0 rings (SSSR count). The van der Waals surface area contributed by atoms with Crippen molar-refractivity contribution in [2.45, 2.75) is 264 Å². The molecule has 0 saturated heterocycles. The number of hydrogen-bond acceptors (Lipinski definition) is 7. The van der Waals surface area contributed by atoms with Crippen LogP contribution in [0.4, 0.5) is 0 Å². The molecule has 2 unspecified atom stereocenters. The highest BCUT2D eigenvalue weighted by atomic mass is 31.2. The van der Waals surface area contributed by atoms with Gasteiger partial charge in [0.2, 0.25) is 5.91 Å². The fourth-order valence-corrected chi connectivity index (χ4v) is 8.38. The number of nitrogens with one attached hydrogen (secondary N) is 1. The summed E-state index contributed by atoms with van der Waals surface area (Å²) >= 11 is 0. The van der Waals surface area contributed by atoms with Crippen LogP contribution in [0.2, 0.25) is 0 Å². The summed E-state index contributed by atoms with van der Waals surface area (Å²) in [7, 11) is -4.43. The zero-order chi connectivity index (χ0) is 47.4. The number of phosphoric ester groups is 1. The second-order valence-corrected chi connectivity index (χ2v) is 19.6. The van der Waals surface area contributed by atoms with E-state index < -0.39 is 26.5 Å². The fourth-order valence-electron chi connectivity index (χ4n) is 7.62. The fraction of sp³-hybridized carbons (Fsp3) is 0.818. The van der Waals surface area contributed by atoms with Gasteiger partial charge >= 0.3 is 13.8 Å². The Balaban J connectivity index is 3.55. The highest BCUT2D eigenvalue weighted by Gasteiger charge is 2.23. The maximum absolute atomic E-state index is 12.2. The molecule has 2 atom stereocenters. The number of carbonyl (C=O) groups excluding carboxylic acids is 2. The first-order valence-electron chi connectivity index (χ1n) is 27.1. The van der Waals surface area contributed by atoms with E-state index >= 15 is 0 Å². The molecule has 0 aromatic heterocycles. The Morgan fingerprint density at radius 1 is 0.477 bits per heavy atom. The molecule has 0 fully saturated rings. The summed E-state index contributed by atoms with van der Waals surface area (Å²) in [5.74, 6) is -0.515. The zero-order valence-corrected chi connectivity index (χ0v) is 43.1. The van der Waals surface area contributed by atoms with Crippen molar-refractivity contribution in [2.24, 2.45) is 0 Å². The van der Waals surface area contributed by atoms with E-state index in [9.17, 15) is 24.2 Å². The summed E-state index contributed by atoms with van der Waals surface area (Å²) in [6, 6.07) is 0. The topological polar surface area (TPSA) is 131 Å². The van der Waals surface area contributed by atoms with Crippen LogP contribution in [-0.2, 0) is 27.9 Å². The third-order valence-electron chi connectivity index (χ3n) is 11.7. The van der Waals surface area contributed by atoms with Gasteiger partial charge in [-0.05, 0) is 77.0 Å². The van der Waals surface area contributed by atoms with E-state index in [1.165, 1.54) is 180 Å². The third-order valence-corrected chi connectivity index (χ3v) is 12.7. The molecule has 0 spiro atoms. The summed E-state index contributed by atoms with van der Waals surface area (Å²) in [6.07, 6.45) is 61.9. The van der Waals surface area contributed by atoms with Gasteiger partial charge in [0.05, 0.1) is 13.2 Å². The second-order valence-electron chi connectivity index (χ2n) is 18.2. The standard InChI is InChI=1S/C55H102NO8P/c1-3-5-7-9-11-13-15-17-19-21-23-25-26-28-29-31-33-35-37-39-41-43-45-47-54(58)56-49-50-63-65(60,61)64-52-53(57)51-62-55(59)48-46-44-42-40-38-36-34-32-30-27-24-22-20-18-16-14-12-10-8-6-4-2/h11,13,17-20,23,25,53,57H,3-10,12,14-16,21-22,24,26-52H2,1-2H3,(H,56,58)(H,60,61)/b13-11-,19-17-,20-18+,25-23-. The molecular weight excluding hydrogens is 834 g/mol. The monoisotopic (exact) mass is 936 g/mol. The van der Waals surface area contributed by atoms with Gasteiger partial charge in [-0.2, -0.15) is 0 Å². The van der Waals surface area contributed by atoms with Crippen molar-refractivity contribution in [1.29, 1.82) is 0 Å². The second kappa shape index (κ2) is 51.4. The predicted octanol–water partition coefficient (Wildman–Crippen LogP) is 16.2. The normalized spacial score (nSPS) is 13.5. The molecule has 0 saturated carbocycles. The zero-order valence-electron chi connectivity index (χ0n) is 42.2. The number of phosphoric acid groups is 1. The molecule has 10 heteroatoms. The van der Waals surface area contributed by atoms with E-state index in [4.69, 9.17) is 13.8 Å². The molecule has 1 amide bonds. The Morgan fingerprint density at radius 2 is 0.831 bits per heavy atom. The summed E-state index contributed by atoms with van der Waals surface area (Å²) < 4.78 is 27.0. The molecule has 0 aromatic carbocycles. The Labute approximate surface area is 400 Å². The molecule has 65 heavy (non-hydrogen) atoms. The SMILES string of the molecule is CCCCC/C=C\C/C=C\C/C=C\CCCCCCCCCCCCC(=O)NCCOP(=O)(O)OCC(O)COC(=O)CCCCCCCCCCCCC/C=C/CCCCCCCC. The van der Waals surface area contributed by atoms with Crippen molar-refractivity contribution in [3.8, 4) is 0 Å². The number of amides is 1. The van der Waals surface area contributed by atoms with E-state index in [-0.39, 0.29) is 32.1 Å². The number of aliphatic hydroxyl groups excluding tert-OH is 1. The van der Waals surface area contributed by atoms with Gasteiger partial charge in [-0.15, -0.1) is 0 Å². The Kier molecular flexibility index (Phi) is 49.8. The van der Waals surface area contributed by atoms with Gasteiger partial charge in [0, 0.05) is 19.4 Å². The highest BCUT2D eigenvalue weighted by Crippen LogP contribution is 2.42. The van der Waals surface area contributed by atoms with Crippen molar-refractivity contribution < 1.29 is 37.9 Å². The number of hydrogen-bond donors (Lipinski definition) is 3. The van der Waals surface area contributed by atoms with Crippen LogP contribution in [0.15, 0.2) is 48.6 Å². The average molecular weight is 936 g/mol. The number of unbranched alkanes of at least 4 members (excludes halogenated alkanes) is 30.